The van der Waals surface area contributed by atoms with Gasteiger partial charge in [0.2, 0.25) is 0 Å². The fourth-order valence-corrected chi connectivity index (χ4v) is 2.99. The molecule has 0 radical (unpaired) electrons. The quantitative estimate of drug-likeness (QED) is 0.781. The van der Waals surface area contributed by atoms with Crippen LogP contribution >= 0.6 is 0 Å². The van der Waals surface area contributed by atoms with Crippen LogP contribution in [0.3, 0.4) is 0 Å². The number of ether oxygens (including phenoxy) is 2. The molecule has 0 unspecified atom stereocenters. The predicted octanol–water partition coefficient (Wildman–Crippen LogP) is 4.97. The number of aromatic nitrogens is 1. The summed E-state index contributed by atoms with van der Waals surface area (Å²) in [5, 5.41) is 0. The Morgan fingerprint density at radius 3 is 2.52 bits per heavy atom. The number of pyridine rings is 1. The molecular formula is C20H23NO2. The van der Waals surface area contributed by atoms with Gasteiger partial charge in [-0.3, -0.25) is 4.98 Å². The van der Waals surface area contributed by atoms with E-state index in [1.165, 1.54) is 18.4 Å². The van der Waals surface area contributed by atoms with E-state index >= 15 is 0 Å². The van der Waals surface area contributed by atoms with Crippen molar-refractivity contribution < 1.29 is 9.47 Å². The van der Waals surface area contributed by atoms with Crippen molar-refractivity contribution in [3.8, 4) is 11.5 Å². The van der Waals surface area contributed by atoms with Crippen molar-refractivity contribution in [2.24, 2.45) is 0 Å². The summed E-state index contributed by atoms with van der Waals surface area (Å²) in [5.41, 5.74) is 3.48. The number of benzene rings is 1. The van der Waals surface area contributed by atoms with E-state index in [9.17, 15) is 0 Å². The van der Waals surface area contributed by atoms with Crippen molar-refractivity contribution in [1.29, 1.82) is 0 Å². The number of allylic oxidation sites excluding steroid dienone is 1. The number of hydrogen-bond donors (Lipinski definition) is 0. The van der Waals surface area contributed by atoms with E-state index in [1.807, 2.05) is 30.6 Å². The lowest BCUT2D eigenvalue weighted by atomic mass is 10.0. The Hall–Kier alpha value is -2.29. The molecule has 0 spiro atoms. The van der Waals surface area contributed by atoms with Crippen LogP contribution in [-0.4, -0.2) is 18.2 Å². The highest BCUT2D eigenvalue weighted by molar-refractivity contribution is 5.80. The molecule has 0 saturated heterocycles. The van der Waals surface area contributed by atoms with E-state index in [0.717, 1.165) is 35.5 Å². The lowest BCUT2D eigenvalue weighted by molar-refractivity contribution is 0.201. The molecule has 3 heteroatoms. The first kappa shape index (κ1) is 15.6. The minimum Gasteiger partial charge on any atom is -0.493 e. The normalized spacial score (nSPS) is 15.7. The van der Waals surface area contributed by atoms with E-state index in [4.69, 9.17) is 9.47 Å². The summed E-state index contributed by atoms with van der Waals surface area (Å²) in [4.78, 5) is 4.05. The van der Waals surface area contributed by atoms with E-state index in [0.29, 0.717) is 6.10 Å². The molecule has 23 heavy (non-hydrogen) atoms. The smallest absolute Gasteiger partial charge is 0.162 e. The van der Waals surface area contributed by atoms with Gasteiger partial charge in [0.05, 0.1) is 13.2 Å². The first-order valence-electron chi connectivity index (χ1n) is 8.19. The fraction of sp³-hybridized carbons (Fsp3) is 0.350. The molecule has 1 fully saturated rings. The van der Waals surface area contributed by atoms with Gasteiger partial charge in [0.25, 0.3) is 0 Å². The number of methoxy groups -OCH3 is 1. The van der Waals surface area contributed by atoms with Crippen LogP contribution in [0.2, 0.25) is 0 Å². The summed E-state index contributed by atoms with van der Waals surface area (Å²) < 4.78 is 11.6. The minimum absolute atomic E-state index is 0.323. The summed E-state index contributed by atoms with van der Waals surface area (Å²) in [6, 6.07) is 10.2. The molecule has 1 heterocycles. The number of hydrogen-bond acceptors (Lipinski definition) is 3. The van der Waals surface area contributed by atoms with Gasteiger partial charge in [0.1, 0.15) is 0 Å². The van der Waals surface area contributed by atoms with Crippen LogP contribution in [0.4, 0.5) is 0 Å². The van der Waals surface area contributed by atoms with Gasteiger partial charge >= 0.3 is 0 Å². The second-order valence-corrected chi connectivity index (χ2v) is 6.00. The van der Waals surface area contributed by atoms with E-state index < -0.39 is 0 Å². The molecule has 0 amide bonds. The summed E-state index contributed by atoms with van der Waals surface area (Å²) >= 11 is 0. The topological polar surface area (TPSA) is 31.4 Å². The molecule has 1 aliphatic carbocycles. The molecule has 0 bridgehead atoms. The maximum absolute atomic E-state index is 6.18. The zero-order chi connectivity index (χ0) is 16.1. The molecule has 120 valence electrons. The Morgan fingerprint density at radius 1 is 1.09 bits per heavy atom. The summed E-state index contributed by atoms with van der Waals surface area (Å²) in [5.74, 6) is 1.65. The van der Waals surface area contributed by atoms with Crippen LogP contribution in [0.1, 0.15) is 43.7 Å². The molecule has 0 atom stereocenters. The van der Waals surface area contributed by atoms with Crippen molar-refractivity contribution in [2.75, 3.05) is 7.11 Å². The summed E-state index contributed by atoms with van der Waals surface area (Å²) in [7, 11) is 1.69. The molecule has 2 aromatic rings. The van der Waals surface area contributed by atoms with Crippen molar-refractivity contribution in [1.82, 2.24) is 4.98 Å². The standard InChI is InChI=1S/C20H23NO2/c1-15(13-16-9-11-21-12-10-16)17-7-8-19(22-2)20(14-17)23-18-5-3-4-6-18/h7-14,18H,3-6H2,1-2H3/b15-13-. The second kappa shape index (κ2) is 7.32. The van der Waals surface area contributed by atoms with Crippen molar-refractivity contribution in [2.45, 2.75) is 38.7 Å². The van der Waals surface area contributed by atoms with Crippen LogP contribution in [0, 0.1) is 0 Å². The number of rotatable bonds is 5. The van der Waals surface area contributed by atoms with Crippen LogP contribution in [0.15, 0.2) is 42.7 Å². The molecule has 1 aliphatic rings. The van der Waals surface area contributed by atoms with Gasteiger partial charge in [-0.15, -0.1) is 0 Å². The lowest BCUT2D eigenvalue weighted by Gasteiger charge is -2.17. The van der Waals surface area contributed by atoms with Crippen molar-refractivity contribution in [3.63, 3.8) is 0 Å². The van der Waals surface area contributed by atoms with Gasteiger partial charge in [-0.1, -0.05) is 12.1 Å². The predicted molar refractivity (Wildman–Crippen MR) is 93.7 cm³/mol. The van der Waals surface area contributed by atoms with Gasteiger partial charge in [-0.05, 0) is 73.6 Å². The largest absolute Gasteiger partial charge is 0.493 e. The van der Waals surface area contributed by atoms with E-state index in [-0.39, 0.29) is 0 Å². The third-order valence-corrected chi connectivity index (χ3v) is 4.30. The molecule has 1 aromatic heterocycles. The van der Waals surface area contributed by atoms with Gasteiger partial charge in [0.15, 0.2) is 11.5 Å². The highest BCUT2D eigenvalue weighted by Gasteiger charge is 2.18. The Morgan fingerprint density at radius 2 is 1.83 bits per heavy atom. The maximum Gasteiger partial charge on any atom is 0.162 e. The summed E-state index contributed by atoms with van der Waals surface area (Å²) in [6.45, 7) is 2.11. The van der Waals surface area contributed by atoms with Gasteiger partial charge in [-0.25, -0.2) is 0 Å². The van der Waals surface area contributed by atoms with Gasteiger partial charge in [-0.2, -0.15) is 0 Å². The van der Waals surface area contributed by atoms with Crippen LogP contribution in [0.25, 0.3) is 11.6 Å². The Labute approximate surface area is 138 Å². The molecule has 0 N–H and O–H groups in total. The van der Waals surface area contributed by atoms with Crippen molar-refractivity contribution in [3.05, 3.63) is 53.9 Å². The highest BCUT2D eigenvalue weighted by Crippen LogP contribution is 2.34. The molecular weight excluding hydrogens is 286 g/mol. The third-order valence-electron chi connectivity index (χ3n) is 4.30. The maximum atomic E-state index is 6.18. The molecule has 0 aliphatic heterocycles. The zero-order valence-corrected chi connectivity index (χ0v) is 13.8. The fourth-order valence-electron chi connectivity index (χ4n) is 2.99. The first-order chi connectivity index (χ1) is 11.3. The number of nitrogens with zero attached hydrogens (tertiary/aromatic N) is 1. The van der Waals surface area contributed by atoms with Crippen LogP contribution < -0.4 is 9.47 Å². The summed E-state index contributed by atoms with van der Waals surface area (Å²) in [6.07, 6.45) is 10.9. The molecule has 3 rings (SSSR count). The molecule has 1 aromatic carbocycles. The zero-order valence-electron chi connectivity index (χ0n) is 13.8. The van der Waals surface area contributed by atoms with Gasteiger partial charge < -0.3 is 9.47 Å². The monoisotopic (exact) mass is 309 g/mol. The SMILES string of the molecule is COc1ccc(/C(C)=C\c2ccncc2)cc1OC1CCCC1. The minimum atomic E-state index is 0.323. The van der Waals surface area contributed by atoms with E-state index in [2.05, 4.69) is 30.1 Å². The highest BCUT2D eigenvalue weighted by atomic mass is 16.5. The van der Waals surface area contributed by atoms with Crippen molar-refractivity contribution >= 4 is 11.6 Å². The van der Waals surface area contributed by atoms with Crippen LogP contribution in [-0.2, 0) is 0 Å². The molecule has 1 saturated carbocycles. The van der Waals surface area contributed by atoms with Gasteiger partial charge in [0, 0.05) is 12.4 Å². The second-order valence-electron chi connectivity index (χ2n) is 6.00. The Bertz CT molecular complexity index is 673. The Balaban J connectivity index is 1.86. The van der Waals surface area contributed by atoms with Crippen LogP contribution in [0.5, 0.6) is 11.5 Å². The average molecular weight is 309 g/mol. The lowest BCUT2D eigenvalue weighted by Crippen LogP contribution is -2.11. The van der Waals surface area contributed by atoms with E-state index in [1.54, 1.807) is 7.11 Å². The first-order valence-corrected chi connectivity index (χ1v) is 8.19. The molecule has 3 nitrogen and oxygen atoms in total. The Kier molecular flexibility index (Phi) is 4.96. The third kappa shape index (κ3) is 3.92. The average Bonchev–Trinajstić information content (AvgIpc) is 3.09.